The number of anilines is 3. The fourth-order valence-corrected chi connectivity index (χ4v) is 2.44. The van der Waals surface area contributed by atoms with Gasteiger partial charge in [-0.15, -0.1) is 0 Å². The van der Waals surface area contributed by atoms with Crippen molar-refractivity contribution in [1.29, 1.82) is 0 Å². The Labute approximate surface area is 191 Å². The van der Waals surface area contributed by atoms with Crippen molar-refractivity contribution in [3.05, 3.63) is 77.9 Å². The summed E-state index contributed by atoms with van der Waals surface area (Å²) in [5, 5.41) is 0. The number of hydrogen-bond acceptors (Lipinski definition) is 6. The van der Waals surface area contributed by atoms with Gasteiger partial charge in [-0.2, -0.15) is 13.2 Å². The van der Waals surface area contributed by atoms with E-state index in [0.29, 0.717) is 40.7 Å². The van der Waals surface area contributed by atoms with E-state index < -0.39 is 12.1 Å². The number of nitrogens with two attached hydrogens (primary N) is 3. The number of para-hydroxylation sites is 1. The lowest BCUT2D eigenvalue weighted by Crippen LogP contribution is -2.09. The molecule has 178 valence electrons. The summed E-state index contributed by atoms with van der Waals surface area (Å²) >= 11 is 0. The molecule has 0 saturated heterocycles. The Morgan fingerprint density at radius 3 is 2.03 bits per heavy atom. The molecule has 0 spiro atoms. The molecule has 6 nitrogen and oxygen atoms in total. The van der Waals surface area contributed by atoms with Crippen LogP contribution in [0.4, 0.5) is 30.2 Å². The number of benzene rings is 3. The van der Waals surface area contributed by atoms with E-state index in [1.165, 1.54) is 0 Å². The van der Waals surface area contributed by atoms with Crippen LogP contribution in [0.5, 0.6) is 11.5 Å². The lowest BCUT2D eigenvalue weighted by Gasteiger charge is -2.06. The maximum absolute atomic E-state index is 11.8. The Morgan fingerprint density at radius 1 is 0.909 bits per heavy atom. The molecule has 0 fully saturated rings. The lowest BCUT2D eigenvalue weighted by atomic mass is 10.1. The number of esters is 1. The summed E-state index contributed by atoms with van der Waals surface area (Å²) in [5.74, 6) is 0.825. The van der Waals surface area contributed by atoms with E-state index in [1.54, 1.807) is 48.5 Å². The first-order valence-electron chi connectivity index (χ1n) is 9.88. The molecule has 0 atom stereocenters. The summed E-state index contributed by atoms with van der Waals surface area (Å²) in [4.78, 5) is 11.8. The standard InChI is InChI=1S/C14H13NO2.C8H12N2O.C2H3F3/c1-10-7-11(9-12(15)8-10)14(16)17-13-5-3-2-4-6-13;1-2-11-8-4-3-6(9)5-7(8)10;1-2(3,4)5/h2-9H,15H2,1H3;3-5H,2,9-10H2,1H3;1H3. The molecule has 0 radical (unpaired) electrons. The van der Waals surface area contributed by atoms with Crippen molar-refractivity contribution in [3.63, 3.8) is 0 Å². The van der Waals surface area contributed by atoms with Gasteiger partial charge in [0.1, 0.15) is 11.5 Å². The molecule has 6 N–H and O–H groups in total. The van der Waals surface area contributed by atoms with Crippen LogP contribution < -0.4 is 26.7 Å². The first-order chi connectivity index (χ1) is 15.4. The third kappa shape index (κ3) is 11.9. The van der Waals surface area contributed by atoms with E-state index in [-0.39, 0.29) is 6.92 Å². The van der Waals surface area contributed by atoms with Crippen LogP contribution in [0.3, 0.4) is 0 Å². The van der Waals surface area contributed by atoms with Crippen LogP contribution in [0, 0.1) is 6.92 Å². The third-order valence-electron chi connectivity index (χ3n) is 3.62. The van der Waals surface area contributed by atoms with Crippen LogP contribution in [0.15, 0.2) is 66.7 Å². The zero-order valence-electron chi connectivity index (χ0n) is 18.6. The van der Waals surface area contributed by atoms with Crippen molar-refractivity contribution in [2.75, 3.05) is 23.8 Å². The van der Waals surface area contributed by atoms with E-state index >= 15 is 0 Å². The zero-order valence-corrected chi connectivity index (χ0v) is 18.6. The fraction of sp³-hybridized carbons (Fsp3) is 0.208. The van der Waals surface area contributed by atoms with Crippen LogP contribution in [0.2, 0.25) is 0 Å². The molecule has 0 bridgehead atoms. The Kier molecular flexibility index (Phi) is 10.6. The van der Waals surface area contributed by atoms with Crippen LogP contribution in [-0.4, -0.2) is 18.8 Å². The van der Waals surface area contributed by atoms with Gasteiger partial charge < -0.3 is 26.7 Å². The molecular weight excluding hydrogens is 435 g/mol. The van der Waals surface area contributed by atoms with Crippen molar-refractivity contribution in [2.24, 2.45) is 0 Å². The van der Waals surface area contributed by atoms with Gasteiger partial charge in [0, 0.05) is 18.3 Å². The maximum Gasteiger partial charge on any atom is 0.386 e. The monoisotopic (exact) mass is 463 g/mol. The first-order valence-corrected chi connectivity index (χ1v) is 9.88. The van der Waals surface area contributed by atoms with Crippen LogP contribution in [0.25, 0.3) is 0 Å². The summed E-state index contributed by atoms with van der Waals surface area (Å²) in [7, 11) is 0. The smallest absolute Gasteiger partial charge is 0.386 e. The molecular formula is C24H28F3N3O3. The molecule has 0 unspecified atom stereocenters. The molecule has 0 aliphatic heterocycles. The van der Waals surface area contributed by atoms with Crippen LogP contribution in [0.1, 0.15) is 29.8 Å². The number of rotatable bonds is 4. The second kappa shape index (κ2) is 12.8. The number of alkyl halides is 3. The Hall–Kier alpha value is -3.88. The molecule has 0 aliphatic rings. The summed E-state index contributed by atoms with van der Waals surface area (Å²) < 4.78 is 41.5. The topological polar surface area (TPSA) is 114 Å². The number of carbonyl (C=O) groups excluding carboxylic acids is 1. The highest BCUT2D eigenvalue weighted by atomic mass is 19.4. The minimum absolute atomic E-state index is 0.188. The molecule has 3 aromatic rings. The van der Waals surface area contributed by atoms with Gasteiger partial charge in [0.25, 0.3) is 0 Å². The van der Waals surface area contributed by atoms with E-state index in [4.69, 9.17) is 26.7 Å². The molecule has 3 aromatic carbocycles. The quantitative estimate of drug-likeness (QED) is 0.263. The highest BCUT2D eigenvalue weighted by molar-refractivity contribution is 5.92. The average molecular weight is 464 g/mol. The van der Waals surface area contributed by atoms with Crippen molar-refractivity contribution < 1.29 is 27.4 Å². The van der Waals surface area contributed by atoms with Crippen molar-refractivity contribution in [2.45, 2.75) is 26.9 Å². The van der Waals surface area contributed by atoms with Gasteiger partial charge in [0.05, 0.1) is 17.9 Å². The summed E-state index contributed by atoms with van der Waals surface area (Å²) in [5.41, 5.74) is 20.0. The number of hydrogen-bond donors (Lipinski definition) is 3. The minimum Gasteiger partial charge on any atom is -0.492 e. The number of ether oxygens (including phenoxy) is 2. The zero-order chi connectivity index (χ0) is 25.0. The minimum atomic E-state index is -4.00. The Balaban J connectivity index is 0.000000292. The van der Waals surface area contributed by atoms with Crippen LogP contribution >= 0.6 is 0 Å². The third-order valence-corrected chi connectivity index (χ3v) is 3.62. The number of halogens is 3. The van der Waals surface area contributed by atoms with Crippen LogP contribution in [-0.2, 0) is 0 Å². The molecule has 9 heteroatoms. The predicted octanol–water partition coefficient (Wildman–Crippen LogP) is 5.61. The van der Waals surface area contributed by atoms with Gasteiger partial charge in [0.2, 0.25) is 0 Å². The second-order valence-corrected chi connectivity index (χ2v) is 6.85. The summed E-state index contributed by atoms with van der Waals surface area (Å²) in [6.45, 7) is 4.60. The van der Waals surface area contributed by atoms with Crippen molar-refractivity contribution >= 4 is 23.0 Å². The SMILES string of the molecule is CC(F)(F)F.CCOc1ccc(N)cc1N.Cc1cc(N)cc(C(=O)Oc2ccccc2)c1. The predicted molar refractivity (Wildman–Crippen MR) is 125 cm³/mol. The number of nitrogen functional groups attached to an aromatic ring is 3. The molecule has 0 aromatic heterocycles. The van der Waals surface area contributed by atoms with Gasteiger partial charge in [-0.3, -0.25) is 0 Å². The highest BCUT2D eigenvalue weighted by Gasteiger charge is 2.15. The second-order valence-electron chi connectivity index (χ2n) is 6.85. The molecule has 0 heterocycles. The van der Waals surface area contributed by atoms with Gasteiger partial charge in [-0.1, -0.05) is 18.2 Å². The van der Waals surface area contributed by atoms with Crippen molar-refractivity contribution in [3.8, 4) is 11.5 Å². The Morgan fingerprint density at radius 2 is 1.52 bits per heavy atom. The molecule has 0 aliphatic carbocycles. The highest BCUT2D eigenvalue weighted by Crippen LogP contribution is 2.23. The molecule has 3 rings (SSSR count). The van der Waals surface area contributed by atoms with E-state index in [2.05, 4.69) is 0 Å². The van der Waals surface area contributed by atoms with E-state index in [9.17, 15) is 18.0 Å². The largest absolute Gasteiger partial charge is 0.492 e. The number of carbonyl (C=O) groups is 1. The summed E-state index contributed by atoms with van der Waals surface area (Å²) in [6, 6.07) is 19.3. The lowest BCUT2D eigenvalue weighted by molar-refractivity contribution is -0.110. The van der Waals surface area contributed by atoms with E-state index in [1.807, 2.05) is 32.0 Å². The number of aryl methyl sites for hydroxylation is 1. The summed E-state index contributed by atoms with van der Waals surface area (Å²) in [6.07, 6.45) is -4.00. The van der Waals surface area contributed by atoms with Crippen molar-refractivity contribution in [1.82, 2.24) is 0 Å². The average Bonchev–Trinajstić information content (AvgIpc) is 2.69. The Bertz CT molecular complexity index is 1000. The fourth-order valence-electron chi connectivity index (χ4n) is 2.44. The van der Waals surface area contributed by atoms with Gasteiger partial charge in [0.15, 0.2) is 0 Å². The van der Waals surface area contributed by atoms with Gasteiger partial charge >= 0.3 is 12.1 Å². The van der Waals surface area contributed by atoms with Gasteiger partial charge in [-0.05, 0) is 67.9 Å². The maximum atomic E-state index is 11.8. The molecule has 0 saturated carbocycles. The molecule has 0 amide bonds. The first kappa shape index (κ1) is 27.2. The normalized spacial score (nSPS) is 10.1. The van der Waals surface area contributed by atoms with Gasteiger partial charge in [-0.25, -0.2) is 4.79 Å². The van der Waals surface area contributed by atoms with E-state index in [0.717, 1.165) is 5.56 Å². The molecule has 33 heavy (non-hydrogen) atoms.